The van der Waals surface area contributed by atoms with Gasteiger partial charge in [-0.05, 0) is 32.9 Å². The topological polar surface area (TPSA) is 81.9 Å². The van der Waals surface area contributed by atoms with E-state index in [0.29, 0.717) is 17.3 Å². The highest BCUT2D eigenvalue weighted by Crippen LogP contribution is 2.11. The molecule has 0 aromatic carbocycles. The summed E-state index contributed by atoms with van der Waals surface area (Å²) >= 11 is 0. The maximum Gasteiger partial charge on any atom is 0.413 e. The van der Waals surface area contributed by atoms with Gasteiger partial charge in [-0.1, -0.05) is 6.07 Å². The van der Waals surface area contributed by atoms with Gasteiger partial charge in [-0.15, -0.1) is 15.0 Å². The fraction of sp³-hybridized carbons (Fsp3) is 0.333. The minimum absolute atomic E-state index is 0.189. The van der Waals surface area contributed by atoms with Crippen molar-refractivity contribution in [2.75, 3.05) is 5.32 Å². The zero-order valence-corrected chi connectivity index (χ0v) is 11.0. The van der Waals surface area contributed by atoms with Gasteiger partial charge in [0.05, 0.1) is 6.10 Å². The van der Waals surface area contributed by atoms with Crippen LogP contribution in [-0.4, -0.2) is 32.2 Å². The average molecular weight is 261 g/mol. The molecule has 0 radical (unpaired) electrons. The number of anilines is 1. The lowest BCUT2D eigenvalue weighted by Crippen LogP contribution is -2.18. The molecule has 0 saturated carbocycles. The molecule has 0 aliphatic carbocycles. The van der Waals surface area contributed by atoms with Crippen LogP contribution in [0.5, 0.6) is 0 Å². The average Bonchev–Trinajstić information content (AvgIpc) is 2.71. The molecule has 19 heavy (non-hydrogen) atoms. The van der Waals surface area contributed by atoms with Crippen molar-refractivity contribution in [2.45, 2.75) is 26.9 Å². The van der Waals surface area contributed by atoms with Crippen LogP contribution in [0.2, 0.25) is 0 Å². The van der Waals surface area contributed by atoms with Gasteiger partial charge in [0.2, 0.25) is 0 Å². The van der Waals surface area contributed by atoms with Gasteiger partial charge in [-0.3, -0.25) is 5.32 Å². The van der Waals surface area contributed by atoms with Gasteiger partial charge in [0, 0.05) is 6.20 Å². The molecule has 0 saturated heterocycles. The van der Waals surface area contributed by atoms with Crippen LogP contribution in [-0.2, 0) is 4.74 Å². The van der Waals surface area contributed by atoms with Crippen molar-refractivity contribution in [3.8, 4) is 5.82 Å². The van der Waals surface area contributed by atoms with Crippen LogP contribution < -0.4 is 5.32 Å². The van der Waals surface area contributed by atoms with Gasteiger partial charge in [0.25, 0.3) is 0 Å². The summed E-state index contributed by atoms with van der Waals surface area (Å²) in [7, 11) is 0. The Morgan fingerprint density at radius 1 is 1.37 bits per heavy atom. The molecule has 2 heterocycles. The maximum atomic E-state index is 11.5. The van der Waals surface area contributed by atoms with Crippen LogP contribution in [0, 0.1) is 6.92 Å². The largest absolute Gasteiger partial charge is 0.447 e. The predicted molar refractivity (Wildman–Crippen MR) is 69.1 cm³/mol. The Hall–Kier alpha value is -2.44. The predicted octanol–water partition coefficient (Wildman–Crippen LogP) is 1.93. The molecule has 0 aliphatic rings. The summed E-state index contributed by atoms with van der Waals surface area (Å²) in [6, 6.07) is 5.41. The summed E-state index contributed by atoms with van der Waals surface area (Å²) in [6.07, 6.45) is 0.908. The number of amides is 1. The molecule has 100 valence electrons. The minimum Gasteiger partial charge on any atom is -0.447 e. The zero-order chi connectivity index (χ0) is 13.8. The standard InChI is InChI=1S/C12H15N5O2/c1-8(2)19-12(18)14-11-9(3)15-17(16-11)10-6-4-5-7-13-10/h4-8H,1-3H3,(H,14,16,18). The van der Waals surface area contributed by atoms with Crippen molar-refractivity contribution >= 4 is 11.9 Å². The van der Waals surface area contributed by atoms with Crippen LogP contribution >= 0.6 is 0 Å². The van der Waals surface area contributed by atoms with Crippen LogP contribution in [0.25, 0.3) is 5.82 Å². The monoisotopic (exact) mass is 261 g/mol. The minimum atomic E-state index is -0.550. The van der Waals surface area contributed by atoms with Crippen molar-refractivity contribution in [2.24, 2.45) is 0 Å². The maximum absolute atomic E-state index is 11.5. The number of ether oxygens (including phenoxy) is 1. The highest BCUT2D eigenvalue weighted by Gasteiger charge is 2.13. The molecule has 1 amide bonds. The van der Waals surface area contributed by atoms with E-state index in [4.69, 9.17) is 4.74 Å². The summed E-state index contributed by atoms with van der Waals surface area (Å²) in [5.41, 5.74) is 0.589. The van der Waals surface area contributed by atoms with Gasteiger partial charge in [0.1, 0.15) is 5.69 Å². The molecule has 7 nitrogen and oxygen atoms in total. The molecule has 0 spiro atoms. The van der Waals surface area contributed by atoms with Gasteiger partial charge in [0.15, 0.2) is 11.6 Å². The molecule has 0 unspecified atom stereocenters. The SMILES string of the molecule is Cc1nn(-c2ccccn2)nc1NC(=O)OC(C)C. The summed E-state index contributed by atoms with van der Waals surface area (Å²) in [6.45, 7) is 5.30. The first kappa shape index (κ1) is 13.0. The third-order valence-corrected chi connectivity index (χ3v) is 2.20. The van der Waals surface area contributed by atoms with Gasteiger partial charge >= 0.3 is 6.09 Å². The number of aromatic nitrogens is 4. The first-order valence-corrected chi connectivity index (χ1v) is 5.89. The Balaban J connectivity index is 2.16. The molecule has 0 bridgehead atoms. The van der Waals surface area contributed by atoms with E-state index in [-0.39, 0.29) is 6.10 Å². The number of carbonyl (C=O) groups excluding carboxylic acids is 1. The Labute approximate surface area is 110 Å². The van der Waals surface area contributed by atoms with Gasteiger partial charge < -0.3 is 4.74 Å². The van der Waals surface area contributed by atoms with Gasteiger partial charge in [-0.2, -0.15) is 0 Å². The van der Waals surface area contributed by atoms with E-state index in [9.17, 15) is 4.79 Å². The quantitative estimate of drug-likeness (QED) is 0.912. The van der Waals surface area contributed by atoms with E-state index >= 15 is 0 Å². The molecule has 7 heteroatoms. The molecular formula is C12H15N5O2. The van der Waals surface area contributed by atoms with E-state index < -0.39 is 6.09 Å². The Kier molecular flexibility index (Phi) is 3.74. The molecule has 2 aromatic rings. The highest BCUT2D eigenvalue weighted by atomic mass is 16.6. The number of aryl methyl sites for hydroxylation is 1. The van der Waals surface area contributed by atoms with E-state index in [1.54, 1.807) is 39.1 Å². The summed E-state index contributed by atoms with van der Waals surface area (Å²) in [5, 5.41) is 10.9. The van der Waals surface area contributed by atoms with E-state index in [1.165, 1.54) is 4.80 Å². The molecule has 0 aliphatic heterocycles. The van der Waals surface area contributed by atoms with Crippen molar-refractivity contribution in [1.29, 1.82) is 0 Å². The van der Waals surface area contributed by atoms with Crippen molar-refractivity contribution in [3.05, 3.63) is 30.1 Å². The Morgan fingerprint density at radius 3 is 2.79 bits per heavy atom. The molecule has 2 aromatic heterocycles. The van der Waals surface area contributed by atoms with Crippen LogP contribution in [0.4, 0.5) is 10.6 Å². The second kappa shape index (κ2) is 5.47. The second-order valence-corrected chi connectivity index (χ2v) is 4.19. The lowest BCUT2D eigenvalue weighted by atomic mass is 10.5. The van der Waals surface area contributed by atoms with Crippen LogP contribution in [0.3, 0.4) is 0 Å². The second-order valence-electron chi connectivity index (χ2n) is 4.19. The number of hydrogen-bond donors (Lipinski definition) is 1. The van der Waals surface area contributed by atoms with E-state index in [1.807, 2.05) is 6.07 Å². The summed E-state index contributed by atoms with van der Waals surface area (Å²) < 4.78 is 4.98. The number of carbonyl (C=O) groups is 1. The van der Waals surface area contributed by atoms with E-state index in [0.717, 1.165) is 0 Å². The van der Waals surface area contributed by atoms with E-state index in [2.05, 4.69) is 20.5 Å². The molecule has 0 fully saturated rings. The third kappa shape index (κ3) is 3.27. The Bertz CT molecular complexity index is 565. The first-order valence-electron chi connectivity index (χ1n) is 5.89. The number of rotatable bonds is 3. The number of hydrogen-bond acceptors (Lipinski definition) is 5. The normalized spacial score (nSPS) is 10.5. The summed E-state index contributed by atoms with van der Waals surface area (Å²) in [5.74, 6) is 0.937. The van der Waals surface area contributed by atoms with Crippen molar-refractivity contribution < 1.29 is 9.53 Å². The lowest BCUT2D eigenvalue weighted by Gasteiger charge is -2.07. The van der Waals surface area contributed by atoms with Crippen molar-refractivity contribution in [3.63, 3.8) is 0 Å². The smallest absolute Gasteiger partial charge is 0.413 e. The Morgan fingerprint density at radius 2 is 2.16 bits per heavy atom. The summed E-state index contributed by atoms with van der Waals surface area (Å²) in [4.78, 5) is 17.0. The molecule has 0 atom stereocenters. The number of pyridine rings is 1. The van der Waals surface area contributed by atoms with Crippen LogP contribution in [0.15, 0.2) is 24.4 Å². The molecule has 2 rings (SSSR count). The highest BCUT2D eigenvalue weighted by molar-refractivity contribution is 5.83. The van der Waals surface area contributed by atoms with Crippen LogP contribution in [0.1, 0.15) is 19.5 Å². The molecule has 1 N–H and O–H groups in total. The van der Waals surface area contributed by atoms with Gasteiger partial charge in [-0.25, -0.2) is 9.78 Å². The van der Waals surface area contributed by atoms with Crippen molar-refractivity contribution in [1.82, 2.24) is 20.0 Å². The third-order valence-electron chi connectivity index (χ3n) is 2.20. The lowest BCUT2D eigenvalue weighted by molar-refractivity contribution is 0.130. The fourth-order valence-electron chi connectivity index (χ4n) is 1.41. The first-order chi connectivity index (χ1) is 9.06. The zero-order valence-electron chi connectivity index (χ0n) is 11.0. The fourth-order valence-corrected chi connectivity index (χ4v) is 1.41. The number of nitrogens with one attached hydrogen (secondary N) is 1. The molecular weight excluding hydrogens is 246 g/mol. The number of nitrogens with zero attached hydrogens (tertiary/aromatic N) is 4.